The topological polar surface area (TPSA) is 39.7 Å². The molecule has 4 nitrogen and oxygen atoms in total. The number of hydrogen-bond donors (Lipinski definition) is 1. The fourth-order valence-electron chi connectivity index (χ4n) is 1.63. The van der Waals surface area contributed by atoms with Crippen LogP contribution in [0.25, 0.3) is 0 Å². The summed E-state index contributed by atoms with van der Waals surface area (Å²) in [5.74, 6) is 3.80. The van der Waals surface area contributed by atoms with Crippen molar-refractivity contribution in [1.29, 1.82) is 0 Å². The molecule has 1 aromatic carbocycles. The first-order valence-corrected chi connectivity index (χ1v) is 6.24. The van der Waals surface area contributed by atoms with Gasteiger partial charge >= 0.3 is 0 Å². The first kappa shape index (κ1) is 15.4. The predicted octanol–water partition coefficient (Wildman–Crippen LogP) is 1.83. The molecule has 0 fully saturated rings. The van der Waals surface area contributed by atoms with Crippen LogP contribution in [0.5, 0.6) is 11.5 Å². The summed E-state index contributed by atoms with van der Waals surface area (Å²) in [4.78, 5) is 0. The third-order valence-corrected chi connectivity index (χ3v) is 2.57. The number of benzene rings is 1. The van der Waals surface area contributed by atoms with E-state index in [0.717, 1.165) is 31.7 Å². The Kier molecular flexibility index (Phi) is 7.48. The summed E-state index contributed by atoms with van der Waals surface area (Å²) in [7, 11) is 3.33. The molecule has 0 spiro atoms. The number of hydrogen-bond acceptors (Lipinski definition) is 4. The highest BCUT2D eigenvalue weighted by Gasteiger charge is 2.05. The van der Waals surface area contributed by atoms with Crippen molar-refractivity contribution in [2.75, 3.05) is 34.0 Å². The van der Waals surface area contributed by atoms with E-state index in [1.54, 1.807) is 14.2 Å². The average molecular weight is 263 g/mol. The van der Waals surface area contributed by atoms with Gasteiger partial charge in [-0.25, -0.2) is 0 Å². The van der Waals surface area contributed by atoms with Gasteiger partial charge in [0.25, 0.3) is 0 Å². The summed E-state index contributed by atoms with van der Waals surface area (Å²) in [5, 5.41) is 3.34. The van der Waals surface area contributed by atoms with Crippen molar-refractivity contribution < 1.29 is 14.2 Å². The Labute approximate surface area is 115 Å². The van der Waals surface area contributed by atoms with Crippen molar-refractivity contribution in [2.45, 2.75) is 13.0 Å². The van der Waals surface area contributed by atoms with Gasteiger partial charge in [-0.2, -0.15) is 0 Å². The van der Waals surface area contributed by atoms with Crippen LogP contribution in [-0.2, 0) is 11.3 Å². The molecule has 0 heterocycles. The molecule has 0 aliphatic carbocycles. The first-order chi connectivity index (χ1) is 9.31. The highest BCUT2D eigenvalue weighted by molar-refractivity contribution is 5.43. The van der Waals surface area contributed by atoms with Crippen LogP contribution in [0, 0.1) is 12.3 Å². The number of ether oxygens (including phenoxy) is 3. The second-order valence-corrected chi connectivity index (χ2v) is 4.00. The Morgan fingerprint density at radius 1 is 1.26 bits per heavy atom. The molecule has 0 aliphatic heterocycles. The lowest BCUT2D eigenvalue weighted by atomic mass is 10.2. The summed E-state index contributed by atoms with van der Waals surface area (Å²) in [5.41, 5.74) is 1.14. The molecule has 0 saturated carbocycles. The Morgan fingerprint density at radius 2 is 2.11 bits per heavy atom. The van der Waals surface area contributed by atoms with E-state index in [2.05, 4.69) is 11.2 Å². The largest absolute Gasteiger partial charge is 0.493 e. The van der Waals surface area contributed by atoms with Crippen LogP contribution in [0.2, 0.25) is 0 Å². The molecule has 0 aromatic heterocycles. The van der Waals surface area contributed by atoms with Gasteiger partial charge in [0.1, 0.15) is 6.61 Å². The summed E-state index contributed by atoms with van der Waals surface area (Å²) in [6, 6.07) is 5.83. The molecule has 1 aromatic rings. The second-order valence-electron chi connectivity index (χ2n) is 4.00. The molecule has 4 heteroatoms. The molecule has 0 bridgehead atoms. The van der Waals surface area contributed by atoms with E-state index < -0.39 is 0 Å². The fraction of sp³-hybridized carbons (Fsp3) is 0.467. The van der Waals surface area contributed by atoms with Crippen LogP contribution >= 0.6 is 0 Å². The minimum Gasteiger partial charge on any atom is -0.493 e. The van der Waals surface area contributed by atoms with Crippen molar-refractivity contribution in [1.82, 2.24) is 5.32 Å². The normalized spacial score (nSPS) is 9.95. The molecule has 1 rings (SSSR count). The Hall–Kier alpha value is -1.70. The minimum atomic E-state index is 0.241. The van der Waals surface area contributed by atoms with Gasteiger partial charge in [-0.1, -0.05) is 12.0 Å². The number of rotatable bonds is 9. The molecule has 1 N–H and O–H groups in total. The average Bonchev–Trinajstić information content (AvgIpc) is 2.45. The van der Waals surface area contributed by atoms with Gasteiger partial charge in [0.05, 0.1) is 7.11 Å². The quantitative estimate of drug-likeness (QED) is 0.545. The Balaban J connectivity index is 2.49. The smallest absolute Gasteiger partial charge is 0.162 e. The van der Waals surface area contributed by atoms with E-state index >= 15 is 0 Å². The van der Waals surface area contributed by atoms with Gasteiger partial charge in [-0.05, 0) is 30.7 Å². The second kappa shape index (κ2) is 9.26. The maximum Gasteiger partial charge on any atom is 0.162 e. The highest BCUT2D eigenvalue weighted by atomic mass is 16.5. The summed E-state index contributed by atoms with van der Waals surface area (Å²) >= 11 is 0. The molecule has 0 unspecified atom stereocenters. The summed E-state index contributed by atoms with van der Waals surface area (Å²) in [6.07, 6.45) is 6.16. The molecule has 0 saturated heterocycles. The van der Waals surface area contributed by atoms with Crippen LogP contribution in [0.3, 0.4) is 0 Å². The number of methoxy groups -OCH3 is 2. The lowest BCUT2D eigenvalue weighted by Gasteiger charge is -2.11. The van der Waals surface area contributed by atoms with Crippen LogP contribution in [0.1, 0.15) is 12.0 Å². The van der Waals surface area contributed by atoms with Gasteiger partial charge in [-0.15, -0.1) is 6.42 Å². The van der Waals surface area contributed by atoms with Gasteiger partial charge in [0, 0.05) is 20.3 Å². The molecular weight excluding hydrogens is 242 g/mol. The zero-order chi connectivity index (χ0) is 13.9. The standard InChI is InChI=1S/C15H21NO3/c1-4-9-19-14-7-6-13(11-15(14)18-3)12-16-8-5-10-17-2/h1,6-7,11,16H,5,8-10,12H2,2-3H3. The molecule has 19 heavy (non-hydrogen) atoms. The first-order valence-electron chi connectivity index (χ1n) is 6.24. The third kappa shape index (κ3) is 5.64. The number of nitrogens with one attached hydrogen (secondary N) is 1. The van der Waals surface area contributed by atoms with Crippen LogP contribution in [0.4, 0.5) is 0 Å². The lowest BCUT2D eigenvalue weighted by molar-refractivity contribution is 0.194. The fourth-order valence-corrected chi connectivity index (χ4v) is 1.63. The van der Waals surface area contributed by atoms with E-state index in [0.29, 0.717) is 11.5 Å². The van der Waals surface area contributed by atoms with E-state index in [9.17, 15) is 0 Å². The SMILES string of the molecule is C#CCOc1ccc(CNCCCOC)cc1OC. The van der Waals surface area contributed by atoms with E-state index in [4.69, 9.17) is 20.6 Å². The van der Waals surface area contributed by atoms with Crippen molar-refractivity contribution in [3.05, 3.63) is 23.8 Å². The predicted molar refractivity (Wildman–Crippen MR) is 75.5 cm³/mol. The molecule has 0 radical (unpaired) electrons. The van der Waals surface area contributed by atoms with Crippen molar-refractivity contribution in [3.8, 4) is 23.8 Å². The van der Waals surface area contributed by atoms with E-state index in [1.807, 2.05) is 18.2 Å². The van der Waals surface area contributed by atoms with Gasteiger partial charge in [0.15, 0.2) is 11.5 Å². The number of terminal acetylenes is 1. The van der Waals surface area contributed by atoms with Crippen LogP contribution < -0.4 is 14.8 Å². The van der Waals surface area contributed by atoms with Gasteiger partial charge < -0.3 is 19.5 Å². The molecular formula is C15H21NO3. The minimum absolute atomic E-state index is 0.241. The zero-order valence-corrected chi connectivity index (χ0v) is 11.6. The third-order valence-electron chi connectivity index (χ3n) is 2.57. The molecule has 0 amide bonds. The molecule has 0 aliphatic rings. The Morgan fingerprint density at radius 3 is 2.79 bits per heavy atom. The van der Waals surface area contributed by atoms with Gasteiger partial charge in [0.2, 0.25) is 0 Å². The monoisotopic (exact) mass is 263 g/mol. The molecule has 0 atom stereocenters. The summed E-state index contributed by atoms with van der Waals surface area (Å²) < 4.78 is 15.7. The highest BCUT2D eigenvalue weighted by Crippen LogP contribution is 2.27. The zero-order valence-electron chi connectivity index (χ0n) is 11.6. The van der Waals surface area contributed by atoms with Crippen LogP contribution in [0.15, 0.2) is 18.2 Å². The molecule has 104 valence electrons. The van der Waals surface area contributed by atoms with Crippen molar-refractivity contribution in [2.24, 2.45) is 0 Å². The van der Waals surface area contributed by atoms with E-state index in [-0.39, 0.29) is 6.61 Å². The van der Waals surface area contributed by atoms with Gasteiger partial charge in [-0.3, -0.25) is 0 Å². The van der Waals surface area contributed by atoms with Crippen LogP contribution in [-0.4, -0.2) is 34.0 Å². The summed E-state index contributed by atoms with van der Waals surface area (Å²) in [6.45, 7) is 2.72. The lowest BCUT2D eigenvalue weighted by Crippen LogP contribution is -2.16. The maximum atomic E-state index is 5.39. The van der Waals surface area contributed by atoms with E-state index in [1.165, 1.54) is 0 Å². The van der Waals surface area contributed by atoms with Crippen molar-refractivity contribution >= 4 is 0 Å². The Bertz CT molecular complexity index is 412. The van der Waals surface area contributed by atoms with Crippen molar-refractivity contribution in [3.63, 3.8) is 0 Å². The maximum absolute atomic E-state index is 5.39.